The lowest BCUT2D eigenvalue weighted by Gasteiger charge is -2.31. The maximum Gasteiger partial charge on any atom is 0.239 e. The highest BCUT2D eigenvalue weighted by Crippen LogP contribution is 2.31. The summed E-state index contributed by atoms with van der Waals surface area (Å²) in [5, 5.41) is 0. The molecule has 4 nitrogen and oxygen atoms in total. The Bertz CT molecular complexity index is 403. The first-order valence-corrected chi connectivity index (χ1v) is 6.94. The fourth-order valence-electron chi connectivity index (χ4n) is 1.72. The van der Waals surface area contributed by atoms with Gasteiger partial charge in [0, 0.05) is 13.0 Å². The van der Waals surface area contributed by atoms with E-state index in [1.54, 1.807) is 0 Å². The van der Waals surface area contributed by atoms with E-state index in [2.05, 4.69) is 16.6 Å². The van der Waals surface area contributed by atoms with Gasteiger partial charge in [-0.2, -0.15) is 0 Å². The van der Waals surface area contributed by atoms with Gasteiger partial charge in [0.2, 0.25) is 5.91 Å². The molecule has 2 rings (SSSR count). The number of carbonyl (C=O) groups excluding carboxylic acids is 1. The Labute approximate surface area is 104 Å². The summed E-state index contributed by atoms with van der Waals surface area (Å²) >= 11 is 4.14. The predicted molar refractivity (Wildman–Crippen MR) is 66.3 cm³/mol. The van der Waals surface area contributed by atoms with Crippen molar-refractivity contribution in [2.45, 2.75) is 31.6 Å². The molecule has 0 fully saturated rings. The van der Waals surface area contributed by atoms with E-state index >= 15 is 0 Å². The first-order chi connectivity index (χ1) is 7.54. The van der Waals surface area contributed by atoms with Gasteiger partial charge in [0.15, 0.2) is 6.39 Å². The molecule has 6 heteroatoms. The van der Waals surface area contributed by atoms with Crippen LogP contribution in [0.2, 0.25) is 0 Å². The molecule has 1 aromatic rings. The highest BCUT2D eigenvalue weighted by atomic mass is 33.1. The van der Waals surface area contributed by atoms with Gasteiger partial charge in [0.1, 0.15) is 11.5 Å². The second-order valence-electron chi connectivity index (χ2n) is 4.30. The van der Waals surface area contributed by atoms with Gasteiger partial charge in [0.25, 0.3) is 0 Å². The van der Waals surface area contributed by atoms with Crippen molar-refractivity contribution in [3.8, 4) is 0 Å². The number of fused-ring (bicyclic) bond motifs is 1. The molecule has 0 aromatic carbocycles. The average Bonchev–Trinajstić information content (AvgIpc) is 2.74. The van der Waals surface area contributed by atoms with Gasteiger partial charge in [-0.15, -0.1) is 11.7 Å². The second kappa shape index (κ2) is 4.33. The van der Waals surface area contributed by atoms with Crippen molar-refractivity contribution < 1.29 is 9.21 Å². The number of oxazole rings is 1. The number of hydrogen-bond acceptors (Lipinski definition) is 5. The van der Waals surface area contributed by atoms with Crippen LogP contribution >= 0.6 is 22.5 Å². The van der Waals surface area contributed by atoms with Crippen LogP contribution in [0.25, 0.3) is 0 Å². The molecule has 1 amide bonds. The Morgan fingerprint density at radius 1 is 1.69 bits per heavy atom. The smallest absolute Gasteiger partial charge is 0.239 e. The fraction of sp³-hybridized carbons (Fsp3) is 0.600. The second-order valence-corrected chi connectivity index (χ2v) is 6.05. The monoisotopic (exact) mass is 258 g/mol. The summed E-state index contributed by atoms with van der Waals surface area (Å²) < 4.78 is 4.73. The Kier molecular flexibility index (Phi) is 3.21. The third-order valence-corrected chi connectivity index (χ3v) is 4.71. The zero-order valence-electron chi connectivity index (χ0n) is 9.27. The zero-order chi connectivity index (χ0) is 11.8. The Morgan fingerprint density at radius 3 is 3.12 bits per heavy atom. The molecule has 16 heavy (non-hydrogen) atoms. The van der Waals surface area contributed by atoms with E-state index in [1.807, 2.05) is 18.7 Å². The van der Waals surface area contributed by atoms with Gasteiger partial charge in [-0.25, -0.2) is 4.98 Å². The molecular formula is C10H14N2O2S2. The van der Waals surface area contributed by atoms with Gasteiger partial charge in [-0.05, 0) is 13.8 Å². The van der Waals surface area contributed by atoms with Crippen LogP contribution in [-0.2, 0) is 17.8 Å². The van der Waals surface area contributed by atoms with E-state index in [0.29, 0.717) is 13.1 Å². The molecule has 0 unspecified atom stereocenters. The predicted octanol–water partition coefficient (Wildman–Crippen LogP) is 1.92. The van der Waals surface area contributed by atoms with E-state index in [-0.39, 0.29) is 5.91 Å². The van der Waals surface area contributed by atoms with Crippen molar-refractivity contribution in [2.24, 2.45) is 0 Å². The summed E-state index contributed by atoms with van der Waals surface area (Å²) in [6.07, 6.45) is 2.19. The number of hydrogen-bond donors (Lipinski definition) is 1. The molecule has 88 valence electrons. The molecule has 0 N–H and O–H groups in total. The van der Waals surface area contributed by atoms with Crippen molar-refractivity contribution in [1.29, 1.82) is 0 Å². The van der Waals surface area contributed by atoms with Crippen LogP contribution in [0.4, 0.5) is 0 Å². The topological polar surface area (TPSA) is 46.3 Å². The van der Waals surface area contributed by atoms with Crippen molar-refractivity contribution in [1.82, 2.24) is 9.88 Å². The summed E-state index contributed by atoms with van der Waals surface area (Å²) in [7, 11) is 1.27. The summed E-state index contributed by atoms with van der Waals surface area (Å²) in [6.45, 7) is 5.00. The number of nitrogens with zero attached hydrogens (tertiary/aromatic N) is 2. The lowest BCUT2D eigenvalue weighted by Crippen LogP contribution is -2.45. The molecule has 2 heterocycles. The SMILES string of the molecule is CC(C)(SS)C(=O)N1CCc2ocnc2C1. The van der Waals surface area contributed by atoms with Crippen molar-refractivity contribution in [3.63, 3.8) is 0 Å². The fourth-order valence-corrected chi connectivity index (χ4v) is 2.16. The summed E-state index contributed by atoms with van der Waals surface area (Å²) in [5.41, 5.74) is 0.875. The van der Waals surface area contributed by atoms with Crippen molar-refractivity contribution in [3.05, 3.63) is 17.8 Å². The van der Waals surface area contributed by atoms with E-state index in [4.69, 9.17) is 4.42 Å². The molecule has 1 aliphatic heterocycles. The van der Waals surface area contributed by atoms with Crippen LogP contribution in [-0.4, -0.2) is 27.1 Å². The van der Waals surface area contributed by atoms with Crippen LogP contribution < -0.4 is 0 Å². The number of carbonyl (C=O) groups is 1. The largest absolute Gasteiger partial charge is 0.448 e. The molecule has 0 bridgehead atoms. The minimum atomic E-state index is -0.496. The molecule has 0 spiro atoms. The lowest BCUT2D eigenvalue weighted by atomic mass is 10.1. The van der Waals surface area contributed by atoms with Crippen LogP contribution in [0.5, 0.6) is 0 Å². The minimum Gasteiger partial charge on any atom is -0.448 e. The first-order valence-electron chi connectivity index (χ1n) is 5.08. The highest BCUT2D eigenvalue weighted by Gasteiger charge is 2.34. The molecule has 0 radical (unpaired) electrons. The summed E-state index contributed by atoms with van der Waals surface area (Å²) in [5.74, 6) is 1.00. The highest BCUT2D eigenvalue weighted by molar-refractivity contribution is 8.69. The number of amides is 1. The normalized spacial score (nSPS) is 16.1. The average molecular weight is 258 g/mol. The minimum absolute atomic E-state index is 0.0983. The Balaban J connectivity index is 2.12. The third kappa shape index (κ3) is 2.08. The lowest BCUT2D eigenvalue weighted by molar-refractivity contribution is -0.134. The molecule has 1 aliphatic rings. The molecular weight excluding hydrogens is 244 g/mol. The third-order valence-electron chi connectivity index (χ3n) is 2.71. The molecule has 0 saturated carbocycles. The molecule has 0 saturated heterocycles. The van der Waals surface area contributed by atoms with Crippen LogP contribution in [0.3, 0.4) is 0 Å². The van der Waals surface area contributed by atoms with E-state index in [1.165, 1.54) is 17.2 Å². The van der Waals surface area contributed by atoms with Crippen molar-refractivity contribution >= 4 is 28.4 Å². The maximum absolute atomic E-state index is 12.2. The van der Waals surface area contributed by atoms with E-state index in [9.17, 15) is 4.79 Å². The summed E-state index contributed by atoms with van der Waals surface area (Å²) in [4.78, 5) is 18.1. The van der Waals surface area contributed by atoms with Gasteiger partial charge in [-0.1, -0.05) is 10.8 Å². The summed E-state index contributed by atoms with van der Waals surface area (Å²) in [6, 6.07) is 0. The first kappa shape index (κ1) is 11.9. The van der Waals surface area contributed by atoms with Crippen LogP contribution in [0.1, 0.15) is 25.3 Å². The van der Waals surface area contributed by atoms with Crippen LogP contribution in [0.15, 0.2) is 10.8 Å². The van der Waals surface area contributed by atoms with Gasteiger partial charge in [0.05, 0.1) is 11.3 Å². The van der Waals surface area contributed by atoms with E-state index in [0.717, 1.165) is 17.9 Å². The number of thiol groups is 1. The molecule has 0 atom stereocenters. The van der Waals surface area contributed by atoms with Crippen LogP contribution in [0, 0.1) is 0 Å². The van der Waals surface area contributed by atoms with Gasteiger partial charge in [-0.3, -0.25) is 4.79 Å². The van der Waals surface area contributed by atoms with Gasteiger partial charge < -0.3 is 9.32 Å². The quantitative estimate of drug-likeness (QED) is 0.650. The Morgan fingerprint density at radius 2 is 2.44 bits per heavy atom. The maximum atomic E-state index is 12.2. The number of aromatic nitrogens is 1. The van der Waals surface area contributed by atoms with Crippen molar-refractivity contribution in [2.75, 3.05) is 6.54 Å². The number of rotatable bonds is 2. The van der Waals surface area contributed by atoms with E-state index < -0.39 is 4.75 Å². The Hall–Kier alpha value is -0.620. The zero-order valence-corrected chi connectivity index (χ0v) is 11.0. The molecule has 1 aromatic heterocycles. The molecule has 0 aliphatic carbocycles. The standard InChI is InChI=1S/C10H14N2O2S2/c1-10(2,16-15)9(13)12-4-3-8-7(5-12)11-6-14-8/h6,15H,3-5H2,1-2H3. The van der Waals surface area contributed by atoms with Gasteiger partial charge >= 0.3 is 0 Å².